The number of nitrogens with two attached hydrogens (primary N) is 1. The highest BCUT2D eigenvalue weighted by molar-refractivity contribution is 4.83. The van der Waals surface area contributed by atoms with Gasteiger partial charge in [0.1, 0.15) is 0 Å². The summed E-state index contributed by atoms with van der Waals surface area (Å²) in [6, 6.07) is 0.751. The van der Waals surface area contributed by atoms with Crippen molar-refractivity contribution in [1.82, 2.24) is 5.32 Å². The van der Waals surface area contributed by atoms with Gasteiger partial charge in [-0.1, -0.05) is 20.3 Å². The number of nitrogens with one attached hydrogen (secondary N) is 1. The molecular weight excluding hydrogens is 172 g/mol. The van der Waals surface area contributed by atoms with Gasteiger partial charge in [0, 0.05) is 6.04 Å². The van der Waals surface area contributed by atoms with Gasteiger partial charge in [-0.15, -0.1) is 0 Å². The van der Waals surface area contributed by atoms with Crippen LogP contribution in [-0.4, -0.2) is 19.1 Å². The molecule has 0 aromatic carbocycles. The molecule has 0 aliphatic heterocycles. The predicted octanol–water partition coefficient (Wildman–Crippen LogP) is 2.14. The van der Waals surface area contributed by atoms with Crippen LogP contribution in [0.4, 0.5) is 0 Å². The van der Waals surface area contributed by atoms with Crippen molar-refractivity contribution in [3.63, 3.8) is 0 Å². The molecule has 1 rings (SSSR count). The van der Waals surface area contributed by atoms with E-state index in [9.17, 15) is 0 Å². The molecule has 0 aromatic rings. The van der Waals surface area contributed by atoms with Crippen LogP contribution in [0.25, 0.3) is 0 Å². The first-order valence-corrected chi connectivity index (χ1v) is 6.19. The Hall–Kier alpha value is -0.0800. The monoisotopic (exact) mass is 198 g/mol. The molecule has 2 atom stereocenters. The minimum absolute atomic E-state index is 0.751. The molecule has 0 bridgehead atoms. The molecule has 14 heavy (non-hydrogen) atoms. The molecule has 1 aliphatic rings. The van der Waals surface area contributed by atoms with E-state index in [0.717, 1.165) is 37.4 Å². The van der Waals surface area contributed by atoms with Gasteiger partial charge in [0.15, 0.2) is 0 Å². The van der Waals surface area contributed by atoms with Gasteiger partial charge in [0.05, 0.1) is 0 Å². The Balaban J connectivity index is 2.19. The molecule has 2 heteroatoms. The molecule has 84 valence electrons. The quantitative estimate of drug-likeness (QED) is 0.664. The lowest BCUT2D eigenvalue weighted by Crippen LogP contribution is -2.43. The van der Waals surface area contributed by atoms with E-state index in [0.29, 0.717) is 0 Å². The van der Waals surface area contributed by atoms with Crippen LogP contribution < -0.4 is 11.1 Å². The summed E-state index contributed by atoms with van der Waals surface area (Å²) in [5.41, 5.74) is 5.47. The van der Waals surface area contributed by atoms with Crippen LogP contribution >= 0.6 is 0 Å². The molecule has 0 amide bonds. The molecule has 1 fully saturated rings. The maximum absolute atomic E-state index is 5.47. The van der Waals surface area contributed by atoms with Crippen molar-refractivity contribution in [2.24, 2.45) is 17.6 Å². The van der Waals surface area contributed by atoms with Crippen LogP contribution in [0.1, 0.15) is 46.0 Å². The molecule has 0 aromatic heterocycles. The highest BCUT2D eigenvalue weighted by atomic mass is 14.9. The van der Waals surface area contributed by atoms with Gasteiger partial charge in [0.25, 0.3) is 0 Å². The fourth-order valence-corrected chi connectivity index (χ4v) is 2.62. The Bertz CT molecular complexity index is 137. The Morgan fingerprint density at radius 2 is 1.79 bits per heavy atom. The SMILES string of the molecule is CC1CCCC(C)C1NCCCCN. The standard InChI is InChI=1S/C12H26N2/c1-10-6-5-7-11(2)12(10)14-9-4-3-8-13/h10-12,14H,3-9,13H2,1-2H3. The Labute approximate surface area is 88.6 Å². The lowest BCUT2D eigenvalue weighted by atomic mass is 9.79. The third-order valence-electron chi connectivity index (χ3n) is 3.56. The first-order valence-electron chi connectivity index (χ1n) is 6.19. The van der Waals surface area contributed by atoms with E-state index >= 15 is 0 Å². The molecule has 2 nitrogen and oxygen atoms in total. The van der Waals surface area contributed by atoms with Crippen molar-refractivity contribution in [1.29, 1.82) is 0 Å². The Kier molecular flexibility index (Phi) is 5.49. The fraction of sp³-hybridized carbons (Fsp3) is 1.00. The van der Waals surface area contributed by atoms with E-state index in [1.165, 1.54) is 25.7 Å². The molecule has 1 aliphatic carbocycles. The van der Waals surface area contributed by atoms with E-state index in [-0.39, 0.29) is 0 Å². The maximum Gasteiger partial charge on any atom is 0.0118 e. The van der Waals surface area contributed by atoms with Crippen molar-refractivity contribution in [3.8, 4) is 0 Å². The van der Waals surface area contributed by atoms with Gasteiger partial charge in [-0.25, -0.2) is 0 Å². The molecule has 1 saturated carbocycles. The fourth-order valence-electron chi connectivity index (χ4n) is 2.62. The van der Waals surface area contributed by atoms with E-state index in [1.807, 2.05) is 0 Å². The summed E-state index contributed by atoms with van der Waals surface area (Å²) in [7, 11) is 0. The van der Waals surface area contributed by atoms with Gasteiger partial charge < -0.3 is 11.1 Å². The zero-order valence-electron chi connectivity index (χ0n) is 9.76. The average Bonchev–Trinajstić information content (AvgIpc) is 2.16. The number of rotatable bonds is 5. The van der Waals surface area contributed by atoms with Crippen LogP contribution in [-0.2, 0) is 0 Å². The lowest BCUT2D eigenvalue weighted by molar-refractivity contribution is 0.209. The van der Waals surface area contributed by atoms with Gasteiger partial charge in [0.2, 0.25) is 0 Å². The minimum Gasteiger partial charge on any atom is -0.330 e. The second kappa shape index (κ2) is 6.41. The topological polar surface area (TPSA) is 38.0 Å². The molecule has 0 radical (unpaired) electrons. The highest BCUT2D eigenvalue weighted by Gasteiger charge is 2.26. The normalized spacial score (nSPS) is 33.2. The van der Waals surface area contributed by atoms with Crippen molar-refractivity contribution in [2.75, 3.05) is 13.1 Å². The summed E-state index contributed by atoms with van der Waals surface area (Å²) < 4.78 is 0. The molecule has 0 heterocycles. The van der Waals surface area contributed by atoms with E-state index in [1.54, 1.807) is 0 Å². The summed E-state index contributed by atoms with van der Waals surface area (Å²) in [5.74, 6) is 1.72. The smallest absolute Gasteiger partial charge is 0.0118 e. The van der Waals surface area contributed by atoms with Crippen LogP contribution in [0, 0.1) is 11.8 Å². The van der Waals surface area contributed by atoms with Crippen LogP contribution in [0.2, 0.25) is 0 Å². The Morgan fingerprint density at radius 1 is 1.14 bits per heavy atom. The van der Waals surface area contributed by atoms with Crippen molar-refractivity contribution in [3.05, 3.63) is 0 Å². The minimum atomic E-state index is 0.751. The zero-order valence-corrected chi connectivity index (χ0v) is 9.76. The summed E-state index contributed by atoms with van der Waals surface area (Å²) in [5, 5.41) is 3.70. The third kappa shape index (κ3) is 3.58. The maximum atomic E-state index is 5.47. The second-order valence-corrected chi connectivity index (χ2v) is 4.86. The lowest BCUT2D eigenvalue weighted by Gasteiger charge is -2.35. The summed E-state index contributed by atoms with van der Waals surface area (Å²) in [6.07, 6.45) is 6.61. The first-order chi connectivity index (χ1) is 6.75. The van der Waals surface area contributed by atoms with Crippen molar-refractivity contribution < 1.29 is 0 Å². The molecule has 0 spiro atoms. The van der Waals surface area contributed by atoms with E-state index in [4.69, 9.17) is 5.73 Å². The van der Waals surface area contributed by atoms with Crippen LogP contribution in [0.3, 0.4) is 0 Å². The van der Waals surface area contributed by atoms with E-state index in [2.05, 4.69) is 19.2 Å². The Morgan fingerprint density at radius 3 is 2.36 bits per heavy atom. The summed E-state index contributed by atoms with van der Waals surface area (Å²) in [6.45, 7) is 6.75. The van der Waals surface area contributed by atoms with Gasteiger partial charge >= 0.3 is 0 Å². The molecule has 3 N–H and O–H groups in total. The zero-order chi connectivity index (χ0) is 10.4. The van der Waals surface area contributed by atoms with Crippen molar-refractivity contribution in [2.45, 2.75) is 52.0 Å². The second-order valence-electron chi connectivity index (χ2n) is 4.86. The first kappa shape index (κ1) is 12.0. The summed E-state index contributed by atoms with van der Waals surface area (Å²) in [4.78, 5) is 0. The predicted molar refractivity (Wildman–Crippen MR) is 62.3 cm³/mol. The largest absolute Gasteiger partial charge is 0.330 e. The number of unbranched alkanes of at least 4 members (excludes halogenated alkanes) is 1. The van der Waals surface area contributed by atoms with Gasteiger partial charge in [-0.05, 0) is 50.6 Å². The molecular formula is C12H26N2. The van der Waals surface area contributed by atoms with Gasteiger partial charge in [-0.2, -0.15) is 0 Å². The number of hydrogen-bond donors (Lipinski definition) is 2. The average molecular weight is 198 g/mol. The molecule has 0 saturated heterocycles. The summed E-state index contributed by atoms with van der Waals surface area (Å²) >= 11 is 0. The van der Waals surface area contributed by atoms with E-state index < -0.39 is 0 Å². The van der Waals surface area contributed by atoms with Crippen LogP contribution in [0.5, 0.6) is 0 Å². The number of hydrogen-bond acceptors (Lipinski definition) is 2. The van der Waals surface area contributed by atoms with Gasteiger partial charge in [-0.3, -0.25) is 0 Å². The van der Waals surface area contributed by atoms with Crippen LogP contribution in [0.15, 0.2) is 0 Å². The highest BCUT2D eigenvalue weighted by Crippen LogP contribution is 2.28. The third-order valence-corrected chi connectivity index (χ3v) is 3.56. The molecule has 2 unspecified atom stereocenters. The van der Waals surface area contributed by atoms with Crippen molar-refractivity contribution >= 4 is 0 Å².